The van der Waals surface area contributed by atoms with Crippen LogP contribution in [0, 0.1) is 13.8 Å². The summed E-state index contributed by atoms with van der Waals surface area (Å²) < 4.78 is 7.18. The molecule has 0 aliphatic rings. The van der Waals surface area contributed by atoms with Crippen molar-refractivity contribution in [1.29, 1.82) is 0 Å². The number of nitrogens with zero attached hydrogens (tertiary/aromatic N) is 5. The van der Waals surface area contributed by atoms with Gasteiger partial charge in [0.25, 0.3) is 5.56 Å². The predicted molar refractivity (Wildman–Crippen MR) is 126 cm³/mol. The fourth-order valence-electron chi connectivity index (χ4n) is 3.22. The molecule has 0 radical (unpaired) electrons. The highest BCUT2D eigenvalue weighted by Gasteiger charge is 2.19. The van der Waals surface area contributed by atoms with Crippen LogP contribution < -0.4 is 16.6 Å². The number of hydrogen-bond donors (Lipinski definition) is 1. The fourth-order valence-corrected chi connectivity index (χ4v) is 3.35. The fraction of sp³-hybridized carbons (Fsp3) is 0.217. The molecule has 4 aromatic rings. The van der Waals surface area contributed by atoms with Gasteiger partial charge < -0.3 is 9.84 Å². The second-order valence-corrected chi connectivity index (χ2v) is 8.20. The first-order chi connectivity index (χ1) is 16.2. The predicted octanol–water partition coefficient (Wildman–Crippen LogP) is 2.82. The Bertz CT molecular complexity index is 1490. The SMILES string of the molecule is Cc1ccc(C)c(NC(=O)CCc2nc(-c3nn(-c4ccc(Cl)cc4)c(=O)n(C)c3=O)no2)c1. The van der Waals surface area contributed by atoms with Crippen molar-refractivity contribution in [1.82, 2.24) is 24.5 Å². The lowest BCUT2D eigenvalue weighted by atomic mass is 10.1. The largest absolute Gasteiger partial charge is 0.351 e. The van der Waals surface area contributed by atoms with Gasteiger partial charge in [0, 0.05) is 30.6 Å². The standard InChI is InChI=1S/C23H21ClN6O4/c1-13-4-5-14(2)17(12-13)25-18(31)10-11-19-26-21(28-34-19)20-22(32)29(3)23(33)30(27-20)16-8-6-15(24)7-9-16/h4-9,12H,10-11H2,1-3H3,(H,25,31). The third-order valence-electron chi connectivity index (χ3n) is 5.16. The summed E-state index contributed by atoms with van der Waals surface area (Å²) in [7, 11) is 1.33. The number of benzene rings is 2. The Morgan fingerprint density at radius 2 is 1.85 bits per heavy atom. The van der Waals surface area contributed by atoms with Crippen molar-refractivity contribution in [3.8, 4) is 17.2 Å². The van der Waals surface area contributed by atoms with Crippen LogP contribution in [-0.4, -0.2) is 30.4 Å². The van der Waals surface area contributed by atoms with Gasteiger partial charge in [-0.1, -0.05) is 28.9 Å². The molecular formula is C23H21ClN6O4. The number of aromatic nitrogens is 5. The Balaban J connectivity index is 1.54. The monoisotopic (exact) mass is 480 g/mol. The van der Waals surface area contributed by atoms with Crippen LogP contribution in [0.15, 0.2) is 56.6 Å². The smallest absolute Gasteiger partial charge is 0.339 e. The number of amides is 1. The summed E-state index contributed by atoms with van der Waals surface area (Å²) >= 11 is 5.91. The lowest BCUT2D eigenvalue weighted by Gasteiger charge is -2.08. The number of nitrogens with one attached hydrogen (secondary N) is 1. The van der Waals surface area contributed by atoms with Crippen molar-refractivity contribution in [3.63, 3.8) is 0 Å². The highest BCUT2D eigenvalue weighted by atomic mass is 35.5. The molecule has 1 amide bonds. The minimum atomic E-state index is -0.671. The number of halogens is 1. The molecule has 4 rings (SSSR count). The number of carbonyl (C=O) groups excluding carboxylic acids is 1. The van der Waals surface area contributed by atoms with E-state index in [1.807, 2.05) is 32.0 Å². The minimum Gasteiger partial charge on any atom is -0.339 e. The first-order valence-electron chi connectivity index (χ1n) is 10.4. The number of anilines is 1. The third-order valence-corrected chi connectivity index (χ3v) is 5.41. The Kier molecular flexibility index (Phi) is 6.42. The van der Waals surface area contributed by atoms with Crippen LogP contribution in [0.25, 0.3) is 17.2 Å². The van der Waals surface area contributed by atoms with E-state index in [0.29, 0.717) is 10.7 Å². The van der Waals surface area contributed by atoms with Gasteiger partial charge in [-0.25, -0.2) is 4.79 Å². The van der Waals surface area contributed by atoms with Gasteiger partial charge in [-0.05, 0) is 55.3 Å². The second kappa shape index (κ2) is 9.44. The van der Waals surface area contributed by atoms with Crippen LogP contribution in [0.5, 0.6) is 0 Å². The van der Waals surface area contributed by atoms with E-state index in [-0.39, 0.29) is 36.2 Å². The summed E-state index contributed by atoms with van der Waals surface area (Å²) in [6.07, 6.45) is 0.269. The number of rotatable bonds is 6. The van der Waals surface area contributed by atoms with Gasteiger partial charge in [0.1, 0.15) is 0 Å². The summed E-state index contributed by atoms with van der Waals surface area (Å²) in [4.78, 5) is 41.8. The number of aryl methyl sites for hydroxylation is 3. The summed E-state index contributed by atoms with van der Waals surface area (Å²) in [5.74, 6) is -0.119. The molecule has 2 aromatic heterocycles. The Morgan fingerprint density at radius 1 is 1.12 bits per heavy atom. The molecule has 0 aliphatic heterocycles. The van der Waals surface area contributed by atoms with Gasteiger partial charge in [0.05, 0.1) is 5.69 Å². The maximum atomic E-state index is 12.6. The first kappa shape index (κ1) is 23.1. The van der Waals surface area contributed by atoms with E-state index in [4.69, 9.17) is 16.1 Å². The molecule has 0 atom stereocenters. The summed E-state index contributed by atoms with van der Waals surface area (Å²) in [6.45, 7) is 3.86. The molecular weight excluding hydrogens is 460 g/mol. The average molecular weight is 481 g/mol. The lowest BCUT2D eigenvalue weighted by molar-refractivity contribution is -0.116. The molecule has 2 aromatic carbocycles. The van der Waals surface area contributed by atoms with E-state index < -0.39 is 11.2 Å². The minimum absolute atomic E-state index is 0.0757. The Hall–Kier alpha value is -4.05. The van der Waals surface area contributed by atoms with Crippen molar-refractivity contribution in [2.24, 2.45) is 7.05 Å². The molecule has 1 N–H and O–H groups in total. The van der Waals surface area contributed by atoms with Gasteiger partial charge in [0.15, 0.2) is 5.69 Å². The first-order valence-corrected chi connectivity index (χ1v) is 10.8. The maximum absolute atomic E-state index is 12.6. The normalized spacial score (nSPS) is 10.9. The third kappa shape index (κ3) is 4.81. The van der Waals surface area contributed by atoms with Crippen LogP contribution >= 0.6 is 11.6 Å². The zero-order valence-corrected chi connectivity index (χ0v) is 19.5. The van der Waals surface area contributed by atoms with Gasteiger partial charge >= 0.3 is 5.69 Å². The molecule has 0 saturated heterocycles. The number of carbonyl (C=O) groups is 1. The molecule has 174 valence electrons. The Labute approximate surface area is 198 Å². The molecule has 0 fully saturated rings. The Morgan fingerprint density at radius 3 is 2.59 bits per heavy atom. The molecule has 11 heteroatoms. The van der Waals surface area contributed by atoms with E-state index in [0.717, 1.165) is 26.1 Å². The lowest BCUT2D eigenvalue weighted by Crippen LogP contribution is -2.40. The molecule has 0 bridgehead atoms. The summed E-state index contributed by atoms with van der Waals surface area (Å²) in [5, 5.41) is 11.3. The van der Waals surface area contributed by atoms with Crippen LogP contribution in [0.3, 0.4) is 0 Å². The van der Waals surface area contributed by atoms with E-state index in [9.17, 15) is 14.4 Å². The van der Waals surface area contributed by atoms with Crippen LogP contribution in [0.1, 0.15) is 23.4 Å². The van der Waals surface area contributed by atoms with Crippen molar-refractivity contribution in [2.75, 3.05) is 5.32 Å². The molecule has 0 unspecified atom stereocenters. The molecule has 2 heterocycles. The summed E-state index contributed by atoms with van der Waals surface area (Å²) in [6, 6.07) is 12.2. The quantitative estimate of drug-likeness (QED) is 0.449. The van der Waals surface area contributed by atoms with Gasteiger partial charge in [-0.2, -0.15) is 14.8 Å². The zero-order valence-electron chi connectivity index (χ0n) is 18.7. The molecule has 0 spiro atoms. The maximum Gasteiger partial charge on any atom is 0.351 e. The molecule has 0 aliphatic carbocycles. The highest BCUT2D eigenvalue weighted by molar-refractivity contribution is 6.30. The zero-order chi connectivity index (χ0) is 24.4. The van der Waals surface area contributed by atoms with Crippen molar-refractivity contribution < 1.29 is 9.32 Å². The molecule has 10 nitrogen and oxygen atoms in total. The van der Waals surface area contributed by atoms with E-state index in [1.54, 1.807) is 24.3 Å². The van der Waals surface area contributed by atoms with E-state index in [2.05, 4.69) is 20.6 Å². The van der Waals surface area contributed by atoms with Crippen LogP contribution in [0.4, 0.5) is 5.69 Å². The topological polar surface area (TPSA) is 125 Å². The average Bonchev–Trinajstić information content (AvgIpc) is 3.28. The van der Waals surface area contributed by atoms with Gasteiger partial charge in [-0.15, -0.1) is 0 Å². The second-order valence-electron chi connectivity index (χ2n) is 7.76. The van der Waals surface area contributed by atoms with Crippen molar-refractivity contribution in [2.45, 2.75) is 26.7 Å². The summed E-state index contributed by atoms with van der Waals surface area (Å²) in [5.41, 5.74) is 1.68. The van der Waals surface area contributed by atoms with Gasteiger partial charge in [-0.3, -0.25) is 14.2 Å². The van der Waals surface area contributed by atoms with Crippen LogP contribution in [-0.2, 0) is 18.3 Å². The van der Waals surface area contributed by atoms with Crippen molar-refractivity contribution >= 4 is 23.2 Å². The van der Waals surface area contributed by atoms with Gasteiger partial charge in [0.2, 0.25) is 17.6 Å². The number of hydrogen-bond acceptors (Lipinski definition) is 7. The molecule has 0 saturated carbocycles. The van der Waals surface area contributed by atoms with Crippen molar-refractivity contribution in [3.05, 3.63) is 85.3 Å². The van der Waals surface area contributed by atoms with E-state index >= 15 is 0 Å². The molecule has 34 heavy (non-hydrogen) atoms. The van der Waals surface area contributed by atoms with Crippen LogP contribution in [0.2, 0.25) is 5.02 Å². The van der Waals surface area contributed by atoms with E-state index in [1.165, 1.54) is 7.05 Å². The highest BCUT2D eigenvalue weighted by Crippen LogP contribution is 2.17.